The summed E-state index contributed by atoms with van der Waals surface area (Å²) in [5, 5.41) is 13.3. The Hall–Kier alpha value is -1.40. The van der Waals surface area contributed by atoms with Gasteiger partial charge in [-0.25, -0.2) is 4.98 Å². The molecule has 0 spiro atoms. The van der Waals surface area contributed by atoms with E-state index in [4.69, 9.17) is 4.98 Å². The number of piperidine rings is 2. The van der Waals surface area contributed by atoms with Crippen molar-refractivity contribution < 1.29 is 5.11 Å². The molecule has 3 aliphatic rings. The summed E-state index contributed by atoms with van der Waals surface area (Å²) in [6.45, 7) is 5.37. The molecule has 150 valence electrons. The lowest BCUT2D eigenvalue weighted by atomic mass is 9.88. The third kappa shape index (κ3) is 5.32. The Labute approximate surface area is 163 Å². The molecule has 2 N–H and O–H groups in total. The van der Waals surface area contributed by atoms with Crippen LogP contribution in [0.15, 0.2) is 12.3 Å². The second-order valence-corrected chi connectivity index (χ2v) is 8.70. The minimum absolute atomic E-state index is 0.155. The van der Waals surface area contributed by atoms with Crippen molar-refractivity contribution in [1.29, 1.82) is 0 Å². The van der Waals surface area contributed by atoms with Crippen molar-refractivity contribution in [3.8, 4) is 0 Å². The Kier molecular flexibility index (Phi) is 6.45. The van der Waals surface area contributed by atoms with E-state index in [2.05, 4.69) is 20.1 Å². The maximum atomic E-state index is 9.71. The number of hydrogen-bond acceptors (Lipinski definition) is 6. The van der Waals surface area contributed by atoms with Crippen LogP contribution < -0.4 is 10.2 Å². The summed E-state index contributed by atoms with van der Waals surface area (Å²) in [7, 11) is 0. The molecule has 27 heavy (non-hydrogen) atoms. The molecule has 2 aliphatic heterocycles. The topological polar surface area (TPSA) is 64.5 Å². The van der Waals surface area contributed by atoms with E-state index in [1.807, 2.05) is 12.3 Å². The maximum absolute atomic E-state index is 9.71. The van der Waals surface area contributed by atoms with Gasteiger partial charge >= 0.3 is 0 Å². The third-order valence-corrected chi connectivity index (χ3v) is 6.51. The molecule has 4 rings (SSSR count). The summed E-state index contributed by atoms with van der Waals surface area (Å²) in [6, 6.07) is 2.43. The molecule has 3 heterocycles. The number of aliphatic hydroxyl groups excluding tert-OH is 1. The van der Waals surface area contributed by atoms with Gasteiger partial charge in [-0.3, -0.25) is 0 Å². The molecular weight excluding hydrogens is 338 g/mol. The summed E-state index contributed by atoms with van der Waals surface area (Å²) >= 11 is 0. The van der Waals surface area contributed by atoms with Crippen molar-refractivity contribution in [3.05, 3.63) is 12.3 Å². The number of aromatic nitrogens is 2. The molecule has 6 heteroatoms. The van der Waals surface area contributed by atoms with Crippen LogP contribution in [0.5, 0.6) is 0 Å². The largest absolute Gasteiger partial charge is 0.393 e. The average molecular weight is 374 g/mol. The number of hydrogen-bond donors (Lipinski definition) is 2. The van der Waals surface area contributed by atoms with Gasteiger partial charge in [-0.2, -0.15) is 4.98 Å². The molecule has 3 fully saturated rings. The van der Waals surface area contributed by atoms with E-state index in [0.717, 1.165) is 50.2 Å². The van der Waals surface area contributed by atoms with E-state index < -0.39 is 0 Å². The van der Waals surface area contributed by atoms with Crippen LogP contribution in [0.4, 0.5) is 11.8 Å². The van der Waals surface area contributed by atoms with E-state index in [9.17, 15) is 5.11 Å². The number of likely N-dealkylation sites (tertiary alicyclic amines) is 1. The maximum Gasteiger partial charge on any atom is 0.224 e. The summed E-state index contributed by atoms with van der Waals surface area (Å²) in [6.07, 6.45) is 12.9. The summed E-state index contributed by atoms with van der Waals surface area (Å²) in [5.41, 5.74) is 0. The fourth-order valence-corrected chi connectivity index (χ4v) is 4.95. The molecule has 0 amide bonds. The van der Waals surface area contributed by atoms with Crippen molar-refractivity contribution in [3.63, 3.8) is 0 Å². The highest BCUT2D eigenvalue weighted by atomic mass is 16.3. The van der Waals surface area contributed by atoms with E-state index in [1.54, 1.807) is 0 Å². The molecule has 1 aromatic rings. The first-order chi connectivity index (χ1) is 13.3. The standard InChI is InChI=1S/C21H35N5O/c27-19-9-13-26(14-10-19)20-8-11-22-21(24-20)23-18-7-4-12-25(16-18)15-17-5-2-1-3-6-17/h8,11,17-19,27H,1-7,9-10,12-16H2,(H,22,23,24)/t18-/m0/s1. The molecule has 1 aromatic heterocycles. The van der Waals surface area contributed by atoms with Crippen molar-refractivity contribution in [2.75, 3.05) is 42.9 Å². The van der Waals surface area contributed by atoms with Crippen molar-refractivity contribution in [2.45, 2.75) is 69.9 Å². The number of aliphatic hydroxyl groups is 1. The summed E-state index contributed by atoms with van der Waals surface area (Å²) in [4.78, 5) is 14.1. The van der Waals surface area contributed by atoms with E-state index in [-0.39, 0.29) is 6.10 Å². The lowest BCUT2D eigenvalue weighted by molar-refractivity contribution is 0.145. The lowest BCUT2D eigenvalue weighted by Crippen LogP contribution is -2.44. The fraction of sp³-hybridized carbons (Fsp3) is 0.810. The first-order valence-corrected chi connectivity index (χ1v) is 11.0. The van der Waals surface area contributed by atoms with Crippen LogP contribution in [-0.2, 0) is 0 Å². The Morgan fingerprint density at radius 3 is 2.63 bits per heavy atom. The fourth-order valence-electron chi connectivity index (χ4n) is 4.95. The van der Waals surface area contributed by atoms with Crippen LogP contribution in [0.25, 0.3) is 0 Å². The van der Waals surface area contributed by atoms with Gasteiger partial charge in [0.1, 0.15) is 5.82 Å². The van der Waals surface area contributed by atoms with Crippen LogP contribution in [0.2, 0.25) is 0 Å². The predicted molar refractivity (Wildman–Crippen MR) is 109 cm³/mol. The summed E-state index contributed by atoms with van der Waals surface area (Å²) in [5.74, 6) is 2.64. The molecule has 0 unspecified atom stereocenters. The Morgan fingerprint density at radius 1 is 1.00 bits per heavy atom. The van der Waals surface area contributed by atoms with E-state index in [1.165, 1.54) is 58.0 Å². The van der Waals surface area contributed by atoms with Crippen LogP contribution in [-0.4, -0.2) is 64.8 Å². The van der Waals surface area contributed by atoms with Gasteiger partial charge in [0.05, 0.1) is 6.10 Å². The van der Waals surface area contributed by atoms with E-state index in [0.29, 0.717) is 6.04 Å². The van der Waals surface area contributed by atoms with Gasteiger partial charge in [-0.05, 0) is 57.1 Å². The highest BCUT2D eigenvalue weighted by Gasteiger charge is 2.24. The zero-order valence-electron chi connectivity index (χ0n) is 16.5. The van der Waals surface area contributed by atoms with Crippen LogP contribution in [0.1, 0.15) is 57.8 Å². The molecule has 1 atom stereocenters. The highest BCUT2D eigenvalue weighted by molar-refractivity contribution is 5.43. The number of nitrogens with one attached hydrogen (secondary N) is 1. The zero-order valence-corrected chi connectivity index (χ0v) is 16.5. The Balaban J connectivity index is 1.31. The molecule has 1 saturated carbocycles. The van der Waals surface area contributed by atoms with Gasteiger partial charge in [0, 0.05) is 38.4 Å². The molecule has 0 radical (unpaired) electrons. The molecule has 0 aromatic carbocycles. The van der Waals surface area contributed by atoms with Crippen LogP contribution >= 0.6 is 0 Å². The predicted octanol–water partition coefficient (Wildman–Crippen LogP) is 2.89. The highest BCUT2D eigenvalue weighted by Crippen LogP contribution is 2.26. The lowest BCUT2D eigenvalue weighted by Gasteiger charge is -2.36. The van der Waals surface area contributed by atoms with Crippen molar-refractivity contribution >= 4 is 11.8 Å². The Bertz CT molecular complexity index is 584. The van der Waals surface area contributed by atoms with Gasteiger partial charge in [-0.1, -0.05) is 19.3 Å². The smallest absolute Gasteiger partial charge is 0.224 e. The minimum Gasteiger partial charge on any atom is -0.393 e. The third-order valence-electron chi connectivity index (χ3n) is 6.51. The van der Waals surface area contributed by atoms with E-state index >= 15 is 0 Å². The molecule has 1 aliphatic carbocycles. The zero-order chi connectivity index (χ0) is 18.5. The SMILES string of the molecule is OC1CCN(c2ccnc(N[C@H]3CCCN(CC4CCCCC4)C3)n2)CC1. The van der Waals surface area contributed by atoms with Crippen LogP contribution in [0.3, 0.4) is 0 Å². The Morgan fingerprint density at radius 2 is 1.81 bits per heavy atom. The molecule has 2 saturated heterocycles. The van der Waals surface area contributed by atoms with Gasteiger partial charge in [0.2, 0.25) is 5.95 Å². The first kappa shape index (κ1) is 18.9. The van der Waals surface area contributed by atoms with Crippen molar-refractivity contribution in [1.82, 2.24) is 14.9 Å². The summed E-state index contributed by atoms with van der Waals surface area (Å²) < 4.78 is 0. The van der Waals surface area contributed by atoms with Crippen LogP contribution in [0, 0.1) is 5.92 Å². The molecule has 6 nitrogen and oxygen atoms in total. The molecule has 0 bridgehead atoms. The van der Waals surface area contributed by atoms with Crippen molar-refractivity contribution in [2.24, 2.45) is 5.92 Å². The first-order valence-electron chi connectivity index (χ1n) is 11.0. The van der Waals surface area contributed by atoms with Gasteiger partial charge in [-0.15, -0.1) is 0 Å². The number of anilines is 2. The van der Waals surface area contributed by atoms with Gasteiger partial charge in [0.25, 0.3) is 0 Å². The number of nitrogens with zero attached hydrogens (tertiary/aromatic N) is 4. The molecular formula is C21H35N5O. The van der Waals surface area contributed by atoms with Gasteiger partial charge in [0.15, 0.2) is 0 Å². The quantitative estimate of drug-likeness (QED) is 0.827. The second kappa shape index (κ2) is 9.20. The minimum atomic E-state index is -0.155. The second-order valence-electron chi connectivity index (χ2n) is 8.70. The average Bonchev–Trinajstić information content (AvgIpc) is 2.70. The monoisotopic (exact) mass is 373 g/mol. The normalized spacial score (nSPS) is 26.3. The number of rotatable bonds is 5. The van der Waals surface area contributed by atoms with Gasteiger partial charge < -0.3 is 20.2 Å².